The first-order chi connectivity index (χ1) is 17.9. The van der Waals surface area contributed by atoms with Crippen LogP contribution in [0.2, 0.25) is 0 Å². The van der Waals surface area contributed by atoms with Crippen LogP contribution in [-0.4, -0.2) is 36.6 Å². The van der Waals surface area contributed by atoms with Crippen LogP contribution in [0.5, 0.6) is 5.75 Å². The molecule has 0 radical (unpaired) electrons. The summed E-state index contributed by atoms with van der Waals surface area (Å²) in [5.74, 6) is 0.428. The van der Waals surface area contributed by atoms with Gasteiger partial charge in [0.25, 0.3) is 5.69 Å². The maximum absolute atomic E-state index is 11.3. The Labute approximate surface area is 219 Å². The van der Waals surface area contributed by atoms with Gasteiger partial charge in [-0.1, -0.05) is 6.07 Å². The van der Waals surface area contributed by atoms with E-state index in [1.54, 1.807) is 24.7 Å². The van der Waals surface area contributed by atoms with E-state index in [2.05, 4.69) is 30.8 Å². The Morgan fingerprint density at radius 3 is 2.57 bits per heavy atom. The molecule has 4 aromatic rings. The van der Waals surface area contributed by atoms with Crippen molar-refractivity contribution in [1.29, 1.82) is 0 Å². The molecule has 4 heterocycles. The summed E-state index contributed by atoms with van der Waals surface area (Å²) >= 11 is 5.83. The third-order valence-electron chi connectivity index (χ3n) is 6.70. The quantitative estimate of drug-likeness (QED) is 0.210. The number of rotatable bonds is 7. The number of hydrogen-bond donors (Lipinski definition) is 1. The molecule has 37 heavy (non-hydrogen) atoms. The van der Waals surface area contributed by atoms with Crippen molar-refractivity contribution in [3.63, 3.8) is 0 Å². The Morgan fingerprint density at radius 1 is 1.11 bits per heavy atom. The fourth-order valence-corrected chi connectivity index (χ4v) is 5.33. The second-order valence-electron chi connectivity index (χ2n) is 8.89. The number of thiocarbonyl (C=S) groups is 1. The highest BCUT2D eigenvalue weighted by Gasteiger charge is 2.41. The number of nitrogens with zero attached hydrogens (tertiary/aromatic N) is 5. The van der Waals surface area contributed by atoms with Crippen LogP contribution >= 0.6 is 12.2 Å². The van der Waals surface area contributed by atoms with Gasteiger partial charge in [-0.25, -0.2) is 0 Å². The molecule has 1 aliphatic heterocycles. The number of non-ortho nitro benzene ring substituents is 1. The molecule has 0 spiro atoms. The summed E-state index contributed by atoms with van der Waals surface area (Å²) in [6, 6.07) is 16.4. The van der Waals surface area contributed by atoms with Crippen molar-refractivity contribution in [2.75, 3.05) is 7.11 Å². The topological polar surface area (TPSA) is 98.3 Å². The highest BCUT2D eigenvalue weighted by atomic mass is 32.1. The number of nitro benzene ring substituents is 1. The minimum absolute atomic E-state index is 0.0210. The lowest BCUT2D eigenvalue weighted by molar-refractivity contribution is -0.384. The van der Waals surface area contributed by atoms with Crippen LogP contribution in [0.25, 0.3) is 5.69 Å². The first kappa shape index (κ1) is 24.4. The molecule has 0 aliphatic carbocycles. The number of aryl methyl sites for hydroxylation is 1. The zero-order valence-corrected chi connectivity index (χ0v) is 21.5. The molecule has 0 bridgehead atoms. The Hall–Kier alpha value is -4.31. The minimum atomic E-state index is -0.424. The molecule has 188 valence electrons. The van der Waals surface area contributed by atoms with Crippen LogP contribution in [0.1, 0.15) is 40.3 Å². The fourth-order valence-electron chi connectivity index (χ4n) is 5.02. The SMILES string of the molecule is COc1cc([N+](=O)[O-])ccc1-n1c(C)cc(C2C(c3ccccn3)NC(=S)N2Cc2ccncc2)c1C. The number of nitro groups is 1. The average Bonchev–Trinajstić information content (AvgIpc) is 3.39. The number of hydrogen-bond acceptors (Lipinski definition) is 6. The summed E-state index contributed by atoms with van der Waals surface area (Å²) in [5.41, 5.74) is 5.74. The molecule has 1 saturated heterocycles. The smallest absolute Gasteiger partial charge is 0.273 e. The van der Waals surface area contributed by atoms with Crippen LogP contribution < -0.4 is 10.1 Å². The number of nitrogens with one attached hydrogen (secondary N) is 1. The van der Waals surface area contributed by atoms with E-state index in [1.165, 1.54) is 19.2 Å². The number of pyridine rings is 2. The van der Waals surface area contributed by atoms with Gasteiger partial charge in [0.05, 0.1) is 41.6 Å². The van der Waals surface area contributed by atoms with Crippen LogP contribution in [0.15, 0.2) is 73.2 Å². The molecule has 1 aliphatic rings. The lowest BCUT2D eigenvalue weighted by atomic mass is 9.96. The van der Waals surface area contributed by atoms with E-state index in [0.717, 1.165) is 33.9 Å². The van der Waals surface area contributed by atoms with Gasteiger partial charge in [-0.3, -0.25) is 20.1 Å². The maximum atomic E-state index is 11.3. The summed E-state index contributed by atoms with van der Waals surface area (Å²) in [6.07, 6.45) is 5.34. The van der Waals surface area contributed by atoms with Crippen molar-refractivity contribution < 1.29 is 9.66 Å². The van der Waals surface area contributed by atoms with Crippen molar-refractivity contribution in [2.24, 2.45) is 0 Å². The molecule has 2 unspecified atom stereocenters. The van der Waals surface area contributed by atoms with Gasteiger partial charge in [0.1, 0.15) is 5.75 Å². The molecule has 5 rings (SSSR count). The molecular formula is C27H26N6O3S. The highest BCUT2D eigenvalue weighted by molar-refractivity contribution is 7.80. The van der Waals surface area contributed by atoms with Crippen molar-refractivity contribution in [3.8, 4) is 11.4 Å². The molecule has 1 fully saturated rings. The van der Waals surface area contributed by atoms with Gasteiger partial charge in [0, 0.05) is 42.6 Å². The van der Waals surface area contributed by atoms with Crippen molar-refractivity contribution in [3.05, 3.63) is 112 Å². The van der Waals surface area contributed by atoms with Gasteiger partial charge in [0.2, 0.25) is 0 Å². The normalized spacial score (nSPS) is 17.1. The number of ether oxygens (including phenoxy) is 1. The zero-order valence-electron chi connectivity index (χ0n) is 20.7. The molecule has 2 atom stereocenters. The van der Waals surface area contributed by atoms with Crippen LogP contribution in [0.3, 0.4) is 0 Å². The largest absolute Gasteiger partial charge is 0.494 e. The fraction of sp³-hybridized carbons (Fsp3) is 0.222. The molecule has 0 amide bonds. The van der Waals surface area contributed by atoms with E-state index in [4.69, 9.17) is 17.0 Å². The average molecular weight is 515 g/mol. The predicted octanol–water partition coefficient (Wildman–Crippen LogP) is 4.97. The standard InChI is InChI=1S/C27H26N6O3S/c1-17-14-21(18(2)32(17)23-8-7-20(33(34)35)15-24(23)36-3)26-25(22-6-4-5-11-29-22)30-27(37)31(26)16-19-9-12-28-13-10-19/h4-15,25-26H,16H2,1-3H3,(H,30,37). The maximum Gasteiger partial charge on any atom is 0.273 e. The van der Waals surface area contributed by atoms with Gasteiger partial charge >= 0.3 is 0 Å². The van der Waals surface area contributed by atoms with Crippen molar-refractivity contribution >= 4 is 23.0 Å². The molecule has 9 nitrogen and oxygen atoms in total. The highest BCUT2D eigenvalue weighted by Crippen LogP contribution is 2.43. The van der Waals surface area contributed by atoms with E-state index in [0.29, 0.717) is 17.4 Å². The lowest BCUT2D eigenvalue weighted by Gasteiger charge is -2.28. The summed E-state index contributed by atoms with van der Waals surface area (Å²) < 4.78 is 7.63. The summed E-state index contributed by atoms with van der Waals surface area (Å²) in [4.78, 5) is 21.9. The van der Waals surface area contributed by atoms with E-state index in [-0.39, 0.29) is 17.8 Å². The van der Waals surface area contributed by atoms with Crippen LogP contribution in [0, 0.1) is 24.0 Å². The van der Waals surface area contributed by atoms with Gasteiger partial charge in [-0.15, -0.1) is 0 Å². The summed E-state index contributed by atoms with van der Waals surface area (Å²) in [6.45, 7) is 4.67. The first-order valence-electron chi connectivity index (χ1n) is 11.8. The van der Waals surface area contributed by atoms with E-state index < -0.39 is 4.92 Å². The number of benzene rings is 1. The Morgan fingerprint density at radius 2 is 1.89 bits per heavy atom. The molecule has 10 heteroatoms. The summed E-state index contributed by atoms with van der Waals surface area (Å²) in [7, 11) is 1.52. The third-order valence-corrected chi connectivity index (χ3v) is 7.06. The van der Waals surface area contributed by atoms with E-state index in [1.807, 2.05) is 44.2 Å². The van der Waals surface area contributed by atoms with Crippen LogP contribution in [0.4, 0.5) is 5.69 Å². The monoisotopic (exact) mass is 514 g/mol. The molecule has 0 saturated carbocycles. The molecule has 3 aromatic heterocycles. The lowest BCUT2D eigenvalue weighted by Crippen LogP contribution is -2.29. The van der Waals surface area contributed by atoms with Crippen LogP contribution in [-0.2, 0) is 6.54 Å². The van der Waals surface area contributed by atoms with E-state index in [9.17, 15) is 10.1 Å². The Balaban J connectivity index is 1.63. The Kier molecular flexibility index (Phi) is 6.58. The second-order valence-corrected chi connectivity index (χ2v) is 9.27. The number of methoxy groups -OCH3 is 1. The molecule has 1 N–H and O–H groups in total. The Bertz CT molecular complexity index is 1460. The first-order valence-corrected chi connectivity index (χ1v) is 12.2. The number of aromatic nitrogens is 3. The third kappa shape index (κ3) is 4.51. The van der Waals surface area contributed by atoms with Crippen molar-refractivity contribution in [1.82, 2.24) is 24.8 Å². The predicted molar refractivity (Wildman–Crippen MR) is 144 cm³/mol. The minimum Gasteiger partial charge on any atom is -0.494 e. The van der Waals surface area contributed by atoms with Gasteiger partial charge in [-0.2, -0.15) is 0 Å². The second kappa shape index (κ2) is 9.98. The van der Waals surface area contributed by atoms with E-state index >= 15 is 0 Å². The molecule has 1 aromatic carbocycles. The van der Waals surface area contributed by atoms with Gasteiger partial charge < -0.3 is 19.5 Å². The summed E-state index contributed by atoms with van der Waals surface area (Å²) in [5, 5.41) is 15.5. The zero-order chi connectivity index (χ0) is 26.1. The molecular weight excluding hydrogens is 488 g/mol. The van der Waals surface area contributed by atoms with Crippen molar-refractivity contribution in [2.45, 2.75) is 32.5 Å². The van der Waals surface area contributed by atoms with Gasteiger partial charge in [0.15, 0.2) is 5.11 Å². The van der Waals surface area contributed by atoms with Gasteiger partial charge in [-0.05, 0) is 73.6 Å².